The first-order valence-electron chi connectivity index (χ1n) is 9.64. The summed E-state index contributed by atoms with van der Waals surface area (Å²) < 4.78 is 1.94. The molecule has 1 aliphatic rings. The molecule has 0 atom stereocenters. The van der Waals surface area contributed by atoms with Crippen LogP contribution < -0.4 is 0 Å². The number of halogens is 1. The van der Waals surface area contributed by atoms with Crippen LogP contribution in [0, 0.1) is 12.8 Å². The van der Waals surface area contributed by atoms with E-state index in [1.165, 1.54) is 0 Å². The molecule has 28 heavy (non-hydrogen) atoms. The van der Waals surface area contributed by atoms with Crippen molar-refractivity contribution < 1.29 is 9.59 Å². The summed E-state index contributed by atoms with van der Waals surface area (Å²) in [5.74, 6) is 0.273. The molecule has 0 radical (unpaired) electrons. The highest BCUT2D eigenvalue weighted by Crippen LogP contribution is 2.24. The number of ketones is 1. The molecule has 0 bridgehead atoms. The Hall–Kier alpha value is -2.59. The zero-order chi connectivity index (χ0) is 19.7. The minimum atomic E-state index is -0.00188. The average molecular weight is 395 g/mol. The van der Waals surface area contributed by atoms with Crippen molar-refractivity contribution in [3.05, 3.63) is 70.9 Å². The van der Waals surface area contributed by atoms with Gasteiger partial charge in [-0.15, -0.1) is 0 Å². The molecule has 1 fully saturated rings. The largest absolute Gasteiger partial charge is 0.341 e. The molecule has 4 nitrogen and oxygen atoms in total. The summed E-state index contributed by atoms with van der Waals surface area (Å²) in [6.45, 7) is 3.56. The number of hydrogen-bond acceptors (Lipinski definition) is 2. The van der Waals surface area contributed by atoms with Crippen LogP contribution in [0.5, 0.6) is 0 Å². The Morgan fingerprint density at radius 1 is 1.04 bits per heavy atom. The molecular formula is C23H23ClN2O2. The van der Waals surface area contributed by atoms with Crippen LogP contribution in [0.25, 0.3) is 10.9 Å². The summed E-state index contributed by atoms with van der Waals surface area (Å²) in [7, 11) is 0. The van der Waals surface area contributed by atoms with E-state index in [2.05, 4.69) is 0 Å². The maximum absolute atomic E-state index is 12.8. The van der Waals surface area contributed by atoms with Gasteiger partial charge in [0.1, 0.15) is 6.54 Å². The second kappa shape index (κ2) is 7.80. The molecule has 144 valence electrons. The van der Waals surface area contributed by atoms with Crippen molar-refractivity contribution in [2.24, 2.45) is 5.92 Å². The van der Waals surface area contributed by atoms with Gasteiger partial charge in [-0.25, -0.2) is 0 Å². The molecule has 5 heteroatoms. The highest BCUT2D eigenvalue weighted by atomic mass is 35.5. The van der Waals surface area contributed by atoms with E-state index in [0.717, 1.165) is 34.9 Å². The molecule has 0 saturated carbocycles. The number of aromatic nitrogens is 1. The highest BCUT2D eigenvalue weighted by molar-refractivity contribution is 6.31. The van der Waals surface area contributed by atoms with Crippen LogP contribution in [-0.4, -0.2) is 34.2 Å². The van der Waals surface area contributed by atoms with Crippen LogP contribution in [0.2, 0.25) is 5.02 Å². The predicted octanol–water partition coefficient (Wildman–Crippen LogP) is 4.72. The van der Waals surface area contributed by atoms with Crippen molar-refractivity contribution in [2.45, 2.75) is 26.3 Å². The third-order valence-corrected chi connectivity index (χ3v) is 5.83. The zero-order valence-electron chi connectivity index (χ0n) is 15.9. The summed E-state index contributed by atoms with van der Waals surface area (Å²) in [6, 6.07) is 15.4. The number of likely N-dealkylation sites (tertiary alicyclic amines) is 1. The van der Waals surface area contributed by atoms with Gasteiger partial charge in [-0.05, 0) is 43.4 Å². The van der Waals surface area contributed by atoms with Gasteiger partial charge in [0.25, 0.3) is 0 Å². The number of carbonyl (C=O) groups excluding carboxylic acids is 2. The molecule has 0 spiro atoms. The number of benzene rings is 2. The highest BCUT2D eigenvalue weighted by Gasteiger charge is 2.28. The van der Waals surface area contributed by atoms with Crippen molar-refractivity contribution in [1.82, 2.24) is 9.47 Å². The molecule has 0 N–H and O–H groups in total. The van der Waals surface area contributed by atoms with E-state index in [4.69, 9.17) is 11.6 Å². The van der Waals surface area contributed by atoms with Crippen LogP contribution >= 0.6 is 11.6 Å². The molecule has 1 aliphatic heterocycles. The minimum absolute atomic E-state index is 0.00188. The van der Waals surface area contributed by atoms with Crippen LogP contribution in [0.3, 0.4) is 0 Å². The number of amides is 1. The zero-order valence-corrected chi connectivity index (χ0v) is 16.7. The lowest BCUT2D eigenvalue weighted by molar-refractivity contribution is -0.133. The van der Waals surface area contributed by atoms with E-state index < -0.39 is 0 Å². The first-order valence-corrected chi connectivity index (χ1v) is 10.0. The molecule has 2 aromatic carbocycles. The first kappa shape index (κ1) is 18.8. The number of nitrogens with zero attached hydrogens (tertiary/aromatic N) is 2. The lowest BCUT2D eigenvalue weighted by atomic mass is 9.88. The number of aryl methyl sites for hydroxylation is 1. The topological polar surface area (TPSA) is 42.3 Å². The second-order valence-electron chi connectivity index (χ2n) is 7.53. The van der Waals surface area contributed by atoms with Crippen molar-refractivity contribution >= 4 is 34.2 Å². The molecule has 1 aromatic heterocycles. The molecule has 0 unspecified atom stereocenters. The van der Waals surface area contributed by atoms with E-state index >= 15 is 0 Å². The fourth-order valence-corrected chi connectivity index (χ4v) is 4.05. The summed E-state index contributed by atoms with van der Waals surface area (Å²) in [6.07, 6.45) is 3.36. The number of hydrogen-bond donors (Lipinski definition) is 0. The van der Waals surface area contributed by atoms with Crippen molar-refractivity contribution in [3.8, 4) is 0 Å². The number of piperidine rings is 1. The van der Waals surface area contributed by atoms with E-state index in [9.17, 15) is 9.59 Å². The average Bonchev–Trinajstić information content (AvgIpc) is 3.10. The van der Waals surface area contributed by atoms with Gasteiger partial charge in [0.15, 0.2) is 5.78 Å². The van der Waals surface area contributed by atoms with Gasteiger partial charge >= 0.3 is 0 Å². The number of carbonyl (C=O) groups is 2. The Morgan fingerprint density at radius 3 is 2.46 bits per heavy atom. The Bertz CT molecular complexity index is 1010. The predicted molar refractivity (Wildman–Crippen MR) is 112 cm³/mol. The Labute approximate surface area is 169 Å². The second-order valence-corrected chi connectivity index (χ2v) is 7.97. The van der Waals surface area contributed by atoms with Gasteiger partial charge < -0.3 is 9.47 Å². The summed E-state index contributed by atoms with van der Waals surface area (Å²) >= 11 is 6.10. The Balaban J connectivity index is 1.38. The molecule has 3 aromatic rings. The molecule has 4 rings (SSSR count). The maximum Gasteiger partial charge on any atom is 0.242 e. The van der Waals surface area contributed by atoms with Crippen LogP contribution in [-0.2, 0) is 11.3 Å². The molecule has 2 heterocycles. The SMILES string of the molecule is Cc1ccc(C(=O)C2CCN(C(=O)Cn3ccc4ccc(Cl)cc43)CC2)cc1. The summed E-state index contributed by atoms with van der Waals surface area (Å²) in [5, 5.41) is 1.73. The lowest BCUT2D eigenvalue weighted by Crippen LogP contribution is -2.41. The standard InChI is InChI=1S/C23H23ClN2O2/c1-16-2-4-18(5-3-16)23(28)19-9-11-25(12-10-19)22(27)15-26-13-8-17-6-7-20(24)14-21(17)26/h2-8,13-14,19H,9-12,15H2,1H3. The van der Waals surface area contributed by atoms with Crippen LogP contribution in [0.1, 0.15) is 28.8 Å². The van der Waals surface area contributed by atoms with Gasteiger partial charge in [-0.3, -0.25) is 9.59 Å². The minimum Gasteiger partial charge on any atom is -0.341 e. The van der Waals surface area contributed by atoms with Crippen LogP contribution in [0.4, 0.5) is 0 Å². The van der Waals surface area contributed by atoms with E-state index in [0.29, 0.717) is 24.7 Å². The molecule has 1 amide bonds. The van der Waals surface area contributed by atoms with Crippen molar-refractivity contribution in [1.29, 1.82) is 0 Å². The van der Waals surface area contributed by atoms with Gasteiger partial charge in [-0.2, -0.15) is 0 Å². The normalized spacial score (nSPS) is 15.1. The third kappa shape index (κ3) is 3.83. The fourth-order valence-electron chi connectivity index (χ4n) is 3.89. The quantitative estimate of drug-likeness (QED) is 0.600. The van der Waals surface area contributed by atoms with E-state index in [1.54, 1.807) is 0 Å². The van der Waals surface area contributed by atoms with Crippen molar-refractivity contribution in [2.75, 3.05) is 13.1 Å². The first-order chi connectivity index (χ1) is 13.5. The molecule has 0 aliphatic carbocycles. The van der Waals surface area contributed by atoms with E-state index in [-0.39, 0.29) is 17.6 Å². The summed E-state index contributed by atoms with van der Waals surface area (Å²) in [5.41, 5.74) is 2.88. The van der Waals surface area contributed by atoms with Crippen molar-refractivity contribution in [3.63, 3.8) is 0 Å². The molecular weight excluding hydrogens is 372 g/mol. The third-order valence-electron chi connectivity index (χ3n) is 5.60. The maximum atomic E-state index is 12.8. The number of rotatable bonds is 4. The van der Waals surface area contributed by atoms with E-state index in [1.807, 2.05) is 71.1 Å². The lowest BCUT2D eigenvalue weighted by Gasteiger charge is -2.31. The van der Waals surface area contributed by atoms with Gasteiger partial charge in [0.2, 0.25) is 5.91 Å². The fraction of sp³-hybridized carbons (Fsp3) is 0.304. The number of Topliss-reactive ketones (excluding diaryl/α,β-unsaturated/α-hetero) is 1. The molecule has 1 saturated heterocycles. The van der Waals surface area contributed by atoms with Gasteiger partial charge in [0, 0.05) is 41.3 Å². The monoisotopic (exact) mass is 394 g/mol. The Kier molecular flexibility index (Phi) is 5.23. The van der Waals surface area contributed by atoms with Gasteiger partial charge in [0.05, 0.1) is 0 Å². The smallest absolute Gasteiger partial charge is 0.242 e. The Morgan fingerprint density at radius 2 is 1.75 bits per heavy atom. The van der Waals surface area contributed by atoms with Gasteiger partial charge in [-0.1, -0.05) is 47.5 Å². The summed E-state index contributed by atoms with van der Waals surface area (Å²) in [4.78, 5) is 27.3. The van der Waals surface area contributed by atoms with Crippen LogP contribution in [0.15, 0.2) is 54.7 Å². The number of fused-ring (bicyclic) bond motifs is 1.